The molecule has 0 radical (unpaired) electrons. The highest BCUT2D eigenvalue weighted by Crippen LogP contribution is 2.35. The Morgan fingerprint density at radius 2 is 1.95 bits per heavy atom. The molecule has 0 saturated carbocycles. The number of carbonyl (C=O) groups is 1. The first-order valence-corrected chi connectivity index (χ1v) is 7.21. The Morgan fingerprint density at radius 1 is 1.24 bits per heavy atom. The smallest absolute Gasteiger partial charge is 0.338 e. The molecule has 0 fully saturated rings. The maximum absolute atomic E-state index is 11.2. The van der Waals surface area contributed by atoms with Gasteiger partial charge in [0.1, 0.15) is 5.69 Å². The first kappa shape index (κ1) is 15.5. The van der Waals surface area contributed by atoms with Gasteiger partial charge in [-0.05, 0) is 40.2 Å². The first-order chi connectivity index (χ1) is 9.90. The van der Waals surface area contributed by atoms with E-state index in [1.807, 2.05) is 0 Å². The Labute approximate surface area is 136 Å². The van der Waals surface area contributed by atoms with E-state index in [-0.39, 0.29) is 16.9 Å². The Morgan fingerprint density at radius 3 is 2.52 bits per heavy atom. The minimum atomic E-state index is -1.24. The number of para-hydroxylation sites is 1. The molecule has 0 aromatic heterocycles. The van der Waals surface area contributed by atoms with Crippen LogP contribution in [0.5, 0.6) is 0 Å². The highest BCUT2D eigenvalue weighted by molar-refractivity contribution is 9.11. The molecule has 8 heteroatoms. The molecule has 0 aliphatic heterocycles. The average Bonchev–Trinajstić information content (AvgIpc) is 2.41. The Kier molecular flexibility index (Phi) is 4.59. The molecule has 2 aromatic rings. The van der Waals surface area contributed by atoms with Crippen LogP contribution in [0.1, 0.15) is 10.4 Å². The van der Waals surface area contributed by atoms with Crippen molar-refractivity contribution in [1.29, 1.82) is 0 Å². The molecule has 0 atom stereocenters. The van der Waals surface area contributed by atoms with Gasteiger partial charge in [-0.2, -0.15) is 0 Å². The van der Waals surface area contributed by atoms with Gasteiger partial charge in [-0.15, -0.1) is 0 Å². The van der Waals surface area contributed by atoms with Crippen molar-refractivity contribution in [1.82, 2.24) is 0 Å². The monoisotopic (exact) mass is 414 g/mol. The topological polar surface area (TPSA) is 92.5 Å². The molecule has 108 valence electrons. The van der Waals surface area contributed by atoms with E-state index in [9.17, 15) is 20.0 Å². The number of nitrogens with zero attached hydrogens (tertiary/aromatic N) is 1. The normalized spacial score (nSPS) is 10.2. The van der Waals surface area contributed by atoms with Gasteiger partial charge in [-0.25, -0.2) is 4.79 Å². The number of anilines is 2. The van der Waals surface area contributed by atoms with Crippen molar-refractivity contribution in [2.75, 3.05) is 5.32 Å². The molecule has 0 aliphatic carbocycles. The molecular weight excluding hydrogens is 408 g/mol. The fraction of sp³-hybridized carbons (Fsp3) is 0. The van der Waals surface area contributed by atoms with Gasteiger partial charge >= 0.3 is 5.97 Å². The highest BCUT2D eigenvalue weighted by Gasteiger charge is 2.22. The van der Waals surface area contributed by atoms with Crippen LogP contribution in [0.25, 0.3) is 0 Å². The zero-order chi connectivity index (χ0) is 15.6. The van der Waals surface area contributed by atoms with Crippen molar-refractivity contribution in [3.63, 3.8) is 0 Å². The molecule has 0 spiro atoms. The van der Waals surface area contributed by atoms with E-state index >= 15 is 0 Å². The molecule has 0 unspecified atom stereocenters. The number of hydrogen-bond acceptors (Lipinski definition) is 4. The maximum Gasteiger partial charge on any atom is 0.338 e. The maximum atomic E-state index is 11.2. The van der Waals surface area contributed by atoms with Crippen LogP contribution in [0.4, 0.5) is 17.1 Å². The third-order valence-electron chi connectivity index (χ3n) is 2.66. The lowest BCUT2D eigenvalue weighted by atomic mass is 10.1. The highest BCUT2D eigenvalue weighted by atomic mass is 79.9. The summed E-state index contributed by atoms with van der Waals surface area (Å²) >= 11 is 6.61. The number of carboxylic acids is 1. The zero-order valence-electron chi connectivity index (χ0n) is 10.3. The summed E-state index contributed by atoms with van der Waals surface area (Å²) < 4.78 is 1.47. The number of nitro benzene ring substituents is 1. The molecule has 6 nitrogen and oxygen atoms in total. The fourth-order valence-corrected chi connectivity index (χ4v) is 2.87. The molecule has 0 saturated heterocycles. The minimum absolute atomic E-state index is 0.0574. The summed E-state index contributed by atoms with van der Waals surface area (Å²) in [6.45, 7) is 0. The summed E-state index contributed by atoms with van der Waals surface area (Å²) in [5.74, 6) is -1.24. The SMILES string of the molecule is O=C(O)c1cccc([N+](=O)[O-])c1Nc1ccc(Br)cc1Br. The van der Waals surface area contributed by atoms with Gasteiger partial charge in [0.25, 0.3) is 5.69 Å². The molecule has 21 heavy (non-hydrogen) atoms. The molecule has 2 N–H and O–H groups in total. The van der Waals surface area contributed by atoms with E-state index in [2.05, 4.69) is 37.2 Å². The van der Waals surface area contributed by atoms with Crippen LogP contribution in [0.15, 0.2) is 45.3 Å². The largest absolute Gasteiger partial charge is 0.478 e. The third kappa shape index (κ3) is 3.40. The van der Waals surface area contributed by atoms with Crippen molar-refractivity contribution in [2.24, 2.45) is 0 Å². The van der Waals surface area contributed by atoms with Gasteiger partial charge in [-0.3, -0.25) is 10.1 Å². The lowest BCUT2D eigenvalue weighted by Gasteiger charge is -2.11. The Balaban J connectivity index is 2.56. The van der Waals surface area contributed by atoms with E-state index < -0.39 is 10.9 Å². The number of nitrogens with one attached hydrogen (secondary N) is 1. The number of hydrogen-bond donors (Lipinski definition) is 2. The van der Waals surface area contributed by atoms with Crippen LogP contribution in [-0.2, 0) is 0 Å². The second-order valence-corrected chi connectivity index (χ2v) is 5.78. The van der Waals surface area contributed by atoms with Crippen LogP contribution < -0.4 is 5.32 Å². The Bertz CT molecular complexity index is 702. The summed E-state index contributed by atoms with van der Waals surface area (Å²) in [4.78, 5) is 21.7. The number of benzene rings is 2. The quantitative estimate of drug-likeness (QED) is 0.563. The molecule has 2 rings (SSSR count). The van der Waals surface area contributed by atoms with E-state index in [0.717, 1.165) is 4.47 Å². The van der Waals surface area contributed by atoms with Gasteiger partial charge in [0, 0.05) is 15.0 Å². The molecule has 0 heterocycles. The number of aromatic carboxylic acids is 1. The summed E-state index contributed by atoms with van der Waals surface area (Å²) in [6, 6.07) is 9.06. The minimum Gasteiger partial charge on any atom is -0.478 e. The van der Waals surface area contributed by atoms with Crippen LogP contribution in [0.3, 0.4) is 0 Å². The van der Waals surface area contributed by atoms with Gasteiger partial charge in [0.05, 0.1) is 16.2 Å². The second kappa shape index (κ2) is 6.23. The summed E-state index contributed by atoms with van der Waals surface area (Å²) in [6.07, 6.45) is 0. The number of rotatable bonds is 4. The summed E-state index contributed by atoms with van der Waals surface area (Å²) in [5.41, 5.74) is -0.00300. The fourth-order valence-electron chi connectivity index (χ4n) is 1.73. The third-order valence-corrected chi connectivity index (χ3v) is 3.81. The van der Waals surface area contributed by atoms with Crippen LogP contribution in [0, 0.1) is 10.1 Å². The lowest BCUT2D eigenvalue weighted by Crippen LogP contribution is -2.06. The van der Waals surface area contributed by atoms with Crippen molar-refractivity contribution in [2.45, 2.75) is 0 Å². The van der Waals surface area contributed by atoms with E-state index in [1.165, 1.54) is 18.2 Å². The van der Waals surface area contributed by atoms with E-state index in [4.69, 9.17) is 0 Å². The first-order valence-electron chi connectivity index (χ1n) is 5.63. The molecular formula is C13H8Br2N2O4. The molecule has 0 bridgehead atoms. The number of carboxylic acid groups (broad SMARTS) is 1. The van der Waals surface area contributed by atoms with Gasteiger partial charge in [-0.1, -0.05) is 22.0 Å². The van der Waals surface area contributed by atoms with Gasteiger partial charge in [0.15, 0.2) is 0 Å². The second-order valence-electron chi connectivity index (χ2n) is 4.01. The van der Waals surface area contributed by atoms with Crippen molar-refractivity contribution < 1.29 is 14.8 Å². The predicted octanol–water partition coefficient (Wildman–Crippen LogP) is 4.56. The van der Waals surface area contributed by atoms with E-state index in [1.54, 1.807) is 18.2 Å². The van der Waals surface area contributed by atoms with Gasteiger partial charge < -0.3 is 10.4 Å². The Hall–Kier alpha value is -1.93. The predicted molar refractivity (Wildman–Crippen MR) is 85.2 cm³/mol. The zero-order valence-corrected chi connectivity index (χ0v) is 13.5. The number of halogens is 2. The van der Waals surface area contributed by atoms with Crippen molar-refractivity contribution >= 4 is 54.9 Å². The van der Waals surface area contributed by atoms with Crippen LogP contribution in [-0.4, -0.2) is 16.0 Å². The van der Waals surface area contributed by atoms with E-state index in [0.29, 0.717) is 10.2 Å². The van der Waals surface area contributed by atoms with Crippen LogP contribution >= 0.6 is 31.9 Å². The van der Waals surface area contributed by atoms with Crippen molar-refractivity contribution in [3.05, 3.63) is 61.0 Å². The summed E-state index contributed by atoms with van der Waals surface area (Å²) in [7, 11) is 0. The van der Waals surface area contributed by atoms with Crippen molar-refractivity contribution in [3.8, 4) is 0 Å². The standard InChI is InChI=1S/C13H8Br2N2O4/c14-7-4-5-10(9(15)6-7)16-12-8(13(18)19)2-1-3-11(12)17(20)21/h1-6,16H,(H,18,19). The molecule has 0 aliphatic rings. The lowest BCUT2D eigenvalue weighted by molar-refractivity contribution is -0.383. The molecule has 0 amide bonds. The van der Waals surface area contributed by atoms with Crippen LogP contribution in [0.2, 0.25) is 0 Å². The number of nitro groups is 1. The van der Waals surface area contributed by atoms with Gasteiger partial charge in [0.2, 0.25) is 0 Å². The average molecular weight is 416 g/mol. The summed E-state index contributed by atoms with van der Waals surface area (Å²) in [5, 5.41) is 23.1. The molecule has 2 aromatic carbocycles.